The number of amides is 2. The molecule has 0 aromatic carbocycles. The lowest BCUT2D eigenvalue weighted by molar-refractivity contribution is -0.142. The van der Waals surface area contributed by atoms with Crippen molar-refractivity contribution in [3.05, 3.63) is 0 Å². The first kappa shape index (κ1) is 43.8. The van der Waals surface area contributed by atoms with E-state index in [-0.39, 0.29) is 43.3 Å². The van der Waals surface area contributed by atoms with Crippen molar-refractivity contribution < 1.29 is 34.2 Å². The number of hydrogen-bond donors (Lipinski definition) is 7. The fraction of sp³-hybridized carbons (Fsp3) is 0.829. The molecule has 0 bridgehead atoms. The highest BCUT2D eigenvalue weighted by molar-refractivity contribution is 5.92. The lowest BCUT2D eigenvalue weighted by Crippen LogP contribution is -2.47. The molecule has 0 aliphatic heterocycles. The van der Waals surface area contributed by atoms with E-state index in [2.05, 4.69) is 16.0 Å². The number of guanidine groups is 1. The van der Waals surface area contributed by atoms with Crippen LogP contribution in [0, 0.1) is 10.8 Å². The van der Waals surface area contributed by atoms with Crippen molar-refractivity contribution in [3.8, 4) is 0 Å². The zero-order chi connectivity index (χ0) is 35.5. The van der Waals surface area contributed by atoms with Gasteiger partial charge in [-0.3, -0.25) is 24.6 Å². The van der Waals surface area contributed by atoms with Gasteiger partial charge in [0, 0.05) is 31.2 Å². The minimum absolute atomic E-state index is 0.0780. The van der Waals surface area contributed by atoms with Crippen molar-refractivity contribution in [2.45, 2.75) is 174 Å². The summed E-state index contributed by atoms with van der Waals surface area (Å²) in [4.78, 5) is 60.1. The van der Waals surface area contributed by atoms with Crippen LogP contribution in [0.4, 0.5) is 0 Å². The van der Waals surface area contributed by atoms with Crippen LogP contribution in [-0.4, -0.2) is 64.3 Å². The summed E-state index contributed by atoms with van der Waals surface area (Å²) in [7, 11) is 0. The Morgan fingerprint density at radius 3 is 1.40 bits per heavy atom. The van der Waals surface area contributed by atoms with Crippen LogP contribution < -0.4 is 21.7 Å². The van der Waals surface area contributed by atoms with Crippen molar-refractivity contribution >= 4 is 35.5 Å². The molecule has 8 N–H and O–H groups in total. The van der Waals surface area contributed by atoms with Crippen LogP contribution >= 0.6 is 0 Å². The number of nitrogens with one attached hydrogen (secondary N) is 4. The second-order valence-electron chi connectivity index (χ2n) is 13.8. The third-order valence-corrected chi connectivity index (χ3v) is 8.21. The topological polar surface area (TPSA) is 212 Å². The molecule has 0 aliphatic carbocycles. The van der Waals surface area contributed by atoms with Gasteiger partial charge in [0.2, 0.25) is 11.8 Å². The van der Waals surface area contributed by atoms with Gasteiger partial charge in [0.25, 0.3) is 0 Å². The molecule has 0 spiro atoms. The van der Waals surface area contributed by atoms with Gasteiger partial charge in [0.05, 0.1) is 6.04 Å². The Balaban J connectivity index is 4.08. The number of hydrogen-bond acceptors (Lipinski definition) is 6. The Labute approximate surface area is 282 Å². The maximum absolute atomic E-state index is 12.9. The number of unbranched alkanes of at least 4 members (excludes halogenated alkanes) is 15. The third-order valence-electron chi connectivity index (χ3n) is 8.21. The van der Waals surface area contributed by atoms with Gasteiger partial charge in [-0.15, -0.1) is 0 Å². The Bertz CT molecular complexity index is 936. The Kier molecular flexibility index (Phi) is 25.0. The van der Waals surface area contributed by atoms with Gasteiger partial charge >= 0.3 is 11.9 Å². The van der Waals surface area contributed by atoms with Crippen molar-refractivity contribution in [1.29, 1.82) is 5.41 Å². The lowest BCUT2D eigenvalue weighted by atomic mass is 9.85. The largest absolute Gasteiger partial charge is 0.481 e. The van der Waals surface area contributed by atoms with E-state index < -0.39 is 35.3 Å². The third kappa shape index (κ3) is 26.6. The van der Waals surface area contributed by atoms with E-state index in [9.17, 15) is 29.1 Å². The van der Waals surface area contributed by atoms with Crippen molar-refractivity contribution in [2.75, 3.05) is 6.54 Å². The fourth-order valence-electron chi connectivity index (χ4n) is 5.42. The number of carboxylic acid groups (broad SMARTS) is 2. The van der Waals surface area contributed by atoms with Crippen molar-refractivity contribution in [1.82, 2.24) is 16.0 Å². The highest BCUT2D eigenvalue weighted by atomic mass is 16.4. The molecular formula is C35H65N5O7. The zero-order valence-corrected chi connectivity index (χ0v) is 29.4. The second kappa shape index (κ2) is 26.8. The molecule has 0 saturated heterocycles. The van der Waals surface area contributed by atoms with Crippen molar-refractivity contribution in [2.24, 2.45) is 11.1 Å². The van der Waals surface area contributed by atoms with E-state index >= 15 is 0 Å². The minimum Gasteiger partial charge on any atom is -0.481 e. The Morgan fingerprint density at radius 1 is 0.596 bits per heavy atom. The van der Waals surface area contributed by atoms with Crippen LogP contribution in [-0.2, 0) is 24.0 Å². The van der Waals surface area contributed by atoms with E-state index in [1.807, 2.05) is 0 Å². The van der Waals surface area contributed by atoms with Crippen LogP contribution in [0.5, 0.6) is 0 Å². The number of carbonyl (C=O) groups is 5. The SMILES string of the molecule is CC(C)(C)C(=O)C(CCCNC(=N)N)NC(=O)CCC(NC(=O)CCCCCCCCCCCCCCCCCCC(=O)O)C(=O)O. The van der Waals surface area contributed by atoms with E-state index in [1.54, 1.807) is 20.8 Å². The van der Waals surface area contributed by atoms with Gasteiger partial charge in [0.15, 0.2) is 11.7 Å². The summed E-state index contributed by atoms with van der Waals surface area (Å²) in [5.74, 6) is -3.00. The highest BCUT2D eigenvalue weighted by Gasteiger charge is 2.31. The molecule has 0 heterocycles. The molecule has 47 heavy (non-hydrogen) atoms. The summed E-state index contributed by atoms with van der Waals surface area (Å²) in [5, 5.41) is 33.4. The molecule has 2 amide bonds. The van der Waals surface area contributed by atoms with E-state index in [0.29, 0.717) is 25.8 Å². The molecule has 2 atom stereocenters. The van der Waals surface area contributed by atoms with Crippen LogP contribution in [0.25, 0.3) is 0 Å². The molecule has 0 saturated carbocycles. The first-order chi connectivity index (χ1) is 22.2. The van der Waals surface area contributed by atoms with E-state index in [1.165, 1.54) is 57.8 Å². The maximum atomic E-state index is 12.9. The first-order valence-electron chi connectivity index (χ1n) is 17.9. The predicted molar refractivity (Wildman–Crippen MR) is 185 cm³/mol. The zero-order valence-electron chi connectivity index (χ0n) is 29.4. The molecule has 12 heteroatoms. The molecule has 0 aliphatic rings. The van der Waals surface area contributed by atoms with Crippen LogP contribution in [0.1, 0.15) is 162 Å². The van der Waals surface area contributed by atoms with Crippen LogP contribution in [0.2, 0.25) is 0 Å². The molecular weight excluding hydrogens is 602 g/mol. The molecule has 0 radical (unpaired) electrons. The van der Waals surface area contributed by atoms with Crippen LogP contribution in [0.15, 0.2) is 0 Å². The van der Waals surface area contributed by atoms with Crippen molar-refractivity contribution in [3.63, 3.8) is 0 Å². The summed E-state index contributed by atoms with van der Waals surface area (Å²) in [6.07, 6.45) is 19.0. The first-order valence-corrected chi connectivity index (χ1v) is 17.9. The average Bonchev–Trinajstić information content (AvgIpc) is 2.98. The molecule has 0 aromatic rings. The number of Topliss-reactive ketones (excluding diaryl/α,β-unsaturated/α-hetero) is 1. The Hall–Kier alpha value is -3.18. The van der Waals surface area contributed by atoms with Gasteiger partial charge in [0.1, 0.15) is 6.04 Å². The summed E-state index contributed by atoms with van der Waals surface area (Å²) in [6, 6.07) is -1.93. The van der Waals surface area contributed by atoms with Gasteiger partial charge in [-0.05, 0) is 32.1 Å². The Morgan fingerprint density at radius 2 is 1.00 bits per heavy atom. The number of rotatable bonds is 30. The second-order valence-corrected chi connectivity index (χ2v) is 13.8. The van der Waals surface area contributed by atoms with Gasteiger partial charge in [-0.25, -0.2) is 4.79 Å². The summed E-state index contributed by atoms with van der Waals surface area (Å²) < 4.78 is 0. The van der Waals surface area contributed by atoms with Gasteiger partial charge in [-0.1, -0.05) is 111 Å². The van der Waals surface area contributed by atoms with Crippen LogP contribution in [0.3, 0.4) is 0 Å². The molecule has 12 nitrogen and oxygen atoms in total. The number of nitrogens with two attached hydrogens (primary N) is 1. The van der Waals surface area contributed by atoms with E-state index in [0.717, 1.165) is 38.5 Å². The molecule has 0 fully saturated rings. The number of ketones is 1. The molecule has 0 aromatic heterocycles. The average molecular weight is 668 g/mol. The summed E-state index contributed by atoms with van der Waals surface area (Å²) >= 11 is 0. The standard InChI is InChI=1S/C35H65N5O7/c1-35(2,3)32(45)27(21-20-26-38-34(36)37)39-30(42)25-24-28(33(46)47)40-29(41)22-18-16-14-12-10-8-6-4-5-7-9-11-13-15-17-19-23-31(43)44/h27-28H,4-26H2,1-3H3,(H,39,42)(H,40,41)(H,43,44)(H,46,47)(H4,36,37,38). The monoisotopic (exact) mass is 667 g/mol. The fourth-order valence-corrected chi connectivity index (χ4v) is 5.42. The van der Waals surface area contributed by atoms with Gasteiger partial charge in [-0.2, -0.15) is 0 Å². The normalized spacial score (nSPS) is 12.6. The predicted octanol–water partition coefficient (Wildman–Crippen LogP) is 5.81. The minimum atomic E-state index is -1.20. The smallest absolute Gasteiger partial charge is 0.326 e. The maximum Gasteiger partial charge on any atom is 0.326 e. The highest BCUT2D eigenvalue weighted by Crippen LogP contribution is 2.19. The molecule has 0 rings (SSSR count). The van der Waals surface area contributed by atoms with E-state index in [4.69, 9.17) is 16.2 Å². The number of aliphatic carboxylic acids is 2. The number of carbonyl (C=O) groups excluding carboxylic acids is 3. The summed E-state index contributed by atoms with van der Waals surface area (Å²) in [6.45, 7) is 5.69. The summed E-state index contributed by atoms with van der Waals surface area (Å²) in [5.41, 5.74) is 4.61. The quantitative estimate of drug-likeness (QED) is 0.0279. The number of carboxylic acids is 2. The van der Waals surface area contributed by atoms with Gasteiger partial charge < -0.3 is 31.9 Å². The molecule has 272 valence electrons. The molecule has 2 unspecified atom stereocenters. The lowest BCUT2D eigenvalue weighted by Gasteiger charge is -2.26.